The van der Waals surface area contributed by atoms with Gasteiger partial charge in [0.05, 0.1) is 0 Å². The van der Waals surface area contributed by atoms with E-state index in [0.29, 0.717) is 0 Å². The van der Waals surface area contributed by atoms with Crippen LogP contribution in [0.3, 0.4) is 0 Å². The quantitative estimate of drug-likeness (QED) is 0.273. The van der Waals surface area contributed by atoms with E-state index in [1.165, 1.54) is 36.0 Å². The van der Waals surface area contributed by atoms with Crippen LogP contribution in [0.25, 0.3) is 0 Å². The summed E-state index contributed by atoms with van der Waals surface area (Å²) in [7, 11) is 0. The van der Waals surface area contributed by atoms with Crippen molar-refractivity contribution in [3.05, 3.63) is 58.7 Å². The van der Waals surface area contributed by atoms with Crippen LogP contribution in [0.5, 0.6) is 0 Å². The molecule has 1 aliphatic rings. The Bertz CT molecular complexity index is 522. The van der Waals surface area contributed by atoms with Gasteiger partial charge in [-0.1, -0.05) is 55.4 Å². The van der Waals surface area contributed by atoms with Crippen molar-refractivity contribution in [2.45, 2.75) is 53.9 Å². The molecule has 0 atom stereocenters. The Morgan fingerprint density at radius 3 is 2.38 bits per heavy atom. The van der Waals surface area contributed by atoms with Crippen molar-refractivity contribution in [1.29, 1.82) is 0 Å². The van der Waals surface area contributed by atoms with Crippen molar-refractivity contribution in [3.8, 4) is 0 Å². The van der Waals surface area contributed by atoms with E-state index < -0.39 is 0 Å². The molecule has 0 bridgehead atoms. The summed E-state index contributed by atoms with van der Waals surface area (Å²) in [5, 5.41) is 0. The molecule has 114 valence electrons. The van der Waals surface area contributed by atoms with Crippen LogP contribution in [-0.4, -0.2) is 6.29 Å². The highest BCUT2D eigenvalue weighted by Crippen LogP contribution is 2.40. The average molecular weight is 286 g/mol. The molecule has 1 heteroatoms. The largest absolute Gasteiger partial charge is 0.299 e. The number of hydrogen-bond donors (Lipinski definition) is 0. The molecule has 0 spiro atoms. The minimum absolute atomic E-state index is 0.290. The van der Waals surface area contributed by atoms with Crippen LogP contribution in [0.2, 0.25) is 0 Å². The lowest BCUT2D eigenvalue weighted by Crippen LogP contribution is -2.19. The Balaban J connectivity index is 2.80. The molecule has 1 aliphatic carbocycles. The molecular formula is C20H28O. The fourth-order valence-electron chi connectivity index (χ4n) is 2.80. The fraction of sp³-hybridized carbons (Fsp3) is 0.450. The number of allylic oxidation sites excluding steroid dienone is 10. The molecule has 0 radical (unpaired) electrons. The van der Waals surface area contributed by atoms with Gasteiger partial charge in [-0.15, -0.1) is 0 Å². The Labute approximate surface area is 129 Å². The third-order valence-electron chi connectivity index (χ3n) is 4.10. The van der Waals surface area contributed by atoms with Crippen LogP contribution in [0.15, 0.2) is 58.7 Å². The molecule has 0 fully saturated rings. The normalized spacial score (nSPS) is 20.6. The topological polar surface area (TPSA) is 17.1 Å². The second-order valence-electron chi connectivity index (χ2n) is 6.58. The lowest BCUT2D eigenvalue weighted by molar-refractivity contribution is -0.104. The molecule has 0 heterocycles. The van der Waals surface area contributed by atoms with Gasteiger partial charge in [-0.2, -0.15) is 0 Å². The lowest BCUT2D eigenvalue weighted by Gasteiger charge is -2.32. The first-order valence-electron chi connectivity index (χ1n) is 7.72. The van der Waals surface area contributed by atoms with Gasteiger partial charge in [0.1, 0.15) is 6.29 Å². The van der Waals surface area contributed by atoms with Crippen LogP contribution in [-0.2, 0) is 4.79 Å². The average Bonchev–Trinajstić information content (AvgIpc) is 2.37. The summed E-state index contributed by atoms with van der Waals surface area (Å²) in [4.78, 5) is 10.3. The minimum atomic E-state index is 0.290. The molecule has 0 aromatic heterocycles. The predicted octanol–water partition coefficient (Wildman–Crippen LogP) is 5.72. The summed E-state index contributed by atoms with van der Waals surface area (Å²) < 4.78 is 0. The van der Waals surface area contributed by atoms with Crippen molar-refractivity contribution in [1.82, 2.24) is 0 Å². The summed E-state index contributed by atoms with van der Waals surface area (Å²) in [5.41, 5.74) is 5.48. The van der Waals surface area contributed by atoms with E-state index >= 15 is 0 Å². The number of carbonyl (C=O) groups is 1. The molecule has 0 unspecified atom stereocenters. The molecule has 0 aromatic carbocycles. The van der Waals surface area contributed by atoms with Gasteiger partial charge < -0.3 is 0 Å². The molecular weight excluding hydrogens is 258 g/mol. The Morgan fingerprint density at radius 1 is 1.10 bits per heavy atom. The van der Waals surface area contributed by atoms with E-state index in [4.69, 9.17) is 0 Å². The molecule has 0 saturated carbocycles. The van der Waals surface area contributed by atoms with Crippen LogP contribution in [0, 0.1) is 5.41 Å². The fourth-order valence-corrected chi connectivity index (χ4v) is 2.80. The SMILES string of the molecule is CC(/C=C\C=C(C)\[13CH]=C\C1=C([13CH3])CCCC1(C)C)=C\C=O. The third kappa shape index (κ3) is 5.71. The number of carbonyl (C=O) groups excluding carboxylic acids is 1. The summed E-state index contributed by atoms with van der Waals surface area (Å²) in [6.07, 6.45) is 16.6. The number of rotatable bonds is 5. The van der Waals surface area contributed by atoms with Gasteiger partial charge in [-0.25, -0.2) is 0 Å². The van der Waals surface area contributed by atoms with Gasteiger partial charge in [0, 0.05) is 0 Å². The molecule has 21 heavy (non-hydrogen) atoms. The van der Waals surface area contributed by atoms with E-state index in [9.17, 15) is 4.79 Å². The first kappa shape index (κ1) is 17.4. The van der Waals surface area contributed by atoms with Crippen molar-refractivity contribution >= 4 is 6.29 Å². The highest BCUT2D eigenvalue weighted by atomic mass is 16.1. The van der Waals surface area contributed by atoms with E-state index in [1.54, 1.807) is 6.08 Å². The summed E-state index contributed by atoms with van der Waals surface area (Å²) in [6.45, 7) is 10.9. The summed E-state index contributed by atoms with van der Waals surface area (Å²) >= 11 is 0. The molecule has 0 aromatic rings. The molecule has 1 rings (SSSR count). The molecule has 0 amide bonds. The monoisotopic (exact) mass is 286 g/mol. The zero-order valence-corrected chi connectivity index (χ0v) is 14.1. The van der Waals surface area contributed by atoms with Crippen molar-refractivity contribution in [2.24, 2.45) is 5.41 Å². The Hall–Kier alpha value is -1.63. The Kier molecular flexibility index (Phi) is 6.61. The van der Waals surface area contributed by atoms with Crippen molar-refractivity contribution < 1.29 is 4.79 Å². The third-order valence-corrected chi connectivity index (χ3v) is 4.10. The molecule has 0 N–H and O–H groups in total. The maximum absolute atomic E-state index is 10.3. The highest BCUT2D eigenvalue weighted by Gasteiger charge is 2.26. The first-order valence-corrected chi connectivity index (χ1v) is 7.72. The van der Waals surface area contributed by atoms with Crippen LogP contribution in [0.4, 0.5) is 0 Å². The second kappa shape index (κ2) is 7.97. The van der Waals surface area contributed by atoms with E-state index in [0.717, 1.165) is 11.9 Å². The van der Waals surface area contributed by atoms with Crippen LogP contribution in [0.1, 0.15) is 53.9 Å². The second-order valence-corrected chi connectivity index (χ2v) is 6.58. The van der Waals surface area contributed by atoms with Gasteiger partial charge >= 0.3 is 0 Å². The number of hydrogen-bond acceptors (Lipinski definition) is 1. The smallest absolute Gasteiger partial charge is 0.143 e. The van der Waals surface area contributed by atoms with Crippen LogP contribution >= 0.6 is 0 Å². The van der Waals surface area contributed by atoms with Gasteiger partial charge in [0.25, 0.3) is 0 Å². The maximum atomic E-state index is 10.3. The molecule has 0 aliphatic heterocycles. The molecule has 0 saturated heterocycles. The standard InChI is InChI=1S/C20H28O/c1-16(8-6-9-17(2)13-15-21)11-12-19-18(3)10-7-14-20(19,4)5/h6,8-9,11-13,15H,7,10,14H2,1-5H3/b9-6-,12-11+,16-8+,17-13+/i3+1,11+1. The first-order chi connectivity index (χ1) is 9.86. The predicted molar refractivity (Wildman–Crippen MR) is 92.2 cm³/mol. The van der Waals surface area contributed by atoms with Gasteiger partial charge in [0.2, 0.25) is 0 Å². The van der Waals surface area contributed by atoms with Crippen molar-refractivity contribution in [2.75, 3.05) is 0 Å². The lowest BCUT2D eigenvalue weighted by atomic mass is 9.74. The highest BCUT2D eigenvalue weighted by molar-refractivity contribution is 5.66. The van der Waals surface area contributed by atoms with Gasteiger partial charge in [-0.3, -0.25) is 4.79 Å². The minimum Gasteiger partial charge on any atom is -0.299 e. The molecule has 1 nitrogen and oxygen atoms in total. The van der Waals surface area contributed by atoms with Crippen molar-refractivity contribution in [3.63, 3.8) is 0 Å². The van der Waals surface area contributed by atoms with Gasteiger partial charge in [-0.05, 0) is 62.7 Å². The van der Waals surface area contributed by atoms with E-state index in [1.807, 2.05) is 19.1 Å². The van der Waals surface area contributed by atoms with E-state index in [2.05, 4.69) is 45.9 Å². The summed E-state index contributed by atoms with van der Waals surface area (Å²) in [6, 6.07) is 0. The maximum Gasteiger partial charge on any atom is 0.143 e. The zero-order chi connectivity index (χ0) is 15.9. The van der Waals surface area contributed by atoms with Gasteiger partial charge in [0.15, 0.2) is 0 Å². The number of aldehydes is 1. The van der Waals surface area contributed by atoms with Crippen LogP contribution < -0.4 is 0 Å². The Morgan fingerprint density at radius 2 is 1.76 bits per heavy atom. The zero-order valence-electron chi connectivity index (χ0n) is 14.1. The summed E-state index contributed by atoms with van der Waals surface area (Å²) in [5.74, 6) is 0. The van der Waals surface area contributed by atoms with E-state index in [-0.39, 0.29) is 5.41 Å².